The van der Waals surface area contributed by atoms with E-state index in [0.717, 1.165) is 11.6 Å². The number of hydrogen-bond acceptors (Lipinski definition) is 4. The van der Waals surface area contributed by atoms with Gasteiger partial charge in [-0.2, -0.15) is 0 Å². The average molecular weight is 343 g/mol. The molecule has 0 fully saturated rings. The van der Waals surface area contributed by atoms with Gasteiger partial charge in [-0.15, -0.1) is 0 Å². The number of fused-ring (bicyclic) bond motifs is 1. The molecule has 5 nitrogen and oxygen atoms in total. The van der Waals surface area contributed by atoms with Crippen LogP contribution >= 0.6 is 0 Å². The molecule has 1 amide bonds. The zero-order valence-corrected chi connectivity index (χ0v) is 14.0. The maximum atomic E-state index is 13.5. The summed E-state index contributed by atoms with van der Waals surface area (Å²) in [6, 6.07) is 9.64. The quantitative estimate of drug-likeness (QED) is 0.804. The first-order valence-corrected chi connectivity index (χ1v) is 7.93. The third-order valence-corrected chi connectivity index (χ3v) is 4.01. The van der Waals surface area contributed by atoms with Crippen LogP contribution in [0.25, 0.3) is 0 Å². The second-order valence-corrected chi connectivity index (χ2v) is 5.91. The number of hydrogen-bond donors (Lipinski definition) is 0. The minimum Gasteiger partial charge on any atom is -0.490 e. The number of nitrogens with zero attached hydrogens (tertiary/aromatic N) is 1. The van der Waals surface area contributed by atoms with Crippen LogP contribution in [0.4, 0.5) is 10.1 Å². The Labute approximate surface area is 145 Å². The monoisotopic (exact) mass is 343 g/mol. The maximum absolute atomic E-state index is 13.5. The van der Waals surface area contributed by atoms with E-state index in [1.807, 2.05) is 25.1 Å². The summed E-state index contributed by atoms with van der Waals surface area (Å²) in [5.74, 6) is -0.948. The zero-order valence-electron chi connectivity index (χ0n) is 14.0. The first kappa shape index (κ1) is 17.0. The molecule has 2 aromatic rings. The van der Waals surface area contributed by atoms with Crippen molar-refractivity contribution in [2.75, 3.05) is 24.7 Å². The molecule has 1 aliphatic rings. The Kier molecular flexibility index (Phi) is 4.70. The van der Waals surface area contributed by atoms with Crippen LogP contribution in [0.5, 0.6) is 5.75 Å². The van der Waals surface area contributed by atoms with E-state index in [1.54, 1.807) is 6.92 Å². The van der Waals surface area contributed by atoms with Gasteiger partial charge in [-0.05, 0) is 49.2 Å². The fraction of sp³-hybridized carbons (Fsp3) is 0.263. The lowest BCUT2D eigenvalue weighted by Crippen LogP contribution is -2.40. The summed E-state index contributed by atoms with van der Waals surface area (Å²) in [5, 5.41) is 0. The lowest BCUT2D eigenvalue weighted by Gasteiger charge is -2.29. The number of amides is 1. The Morgan fingerprint density at radius 1 is 1.20 bits per heavy atom. The standard InChI is InChI=1S/C19H18FNO4/c1-12-3-6-17-16(9-12)21(7-8-24-17)18(22)11-25-19(23)14-5-4-13(2)15(20)10-14/h3-6,9-10H,7-8,11H2,1-2H3. The van der Waals surface area contributed by atoms with Crippen molar-refractivity contribution in [3.05, 3.63) is 58.9 Å². The van der Waals surface area contributed by atoms with Gasteiger partial charge in [-0.1, -0.05) is 12.1 Å². The van der Waals surface area contributed by atoms with Crippen molar-refractivity contribution in [1.29, 1.82) is 0 Å². The molecule has 0 aromatic heterocycles. The van der Waals surface area contributed by atoms with Crippen LogP contribution in [-0.4, -0.2) is 31.6 Å². The van der Waals surface area contributed by atoms with Crippen LogP contribution in [-0.2, 0) is 9.53 Å². The fourth-order valence-electron chi connectivity index (χ4n) is 2.60. The molecule has 0 bridgehead atoms. The molecule has 0 unspecified atom stereocenters. The van der Waals surface area contributed by atoms with Crippen LogP contribution in [0.2, 0.25) is 0 Å². The normalized spacial score (nSPS) is 13.0. The van der Waals surface area contributed by atoms with Gasteiger partial charge in [0.25, 0.3) is 5.91 Å². The van der Waals surface area contributed by atoms with E-state index in [4.69, 9.17) is 9.47 Å². The molecule has 0 N–H and O–H groups in total. The summed E-state index contributed by atoms with van der Waals surface area (Å²) < 4.78 is 24.1. The van der Waals surface area contributed by atoms with Crippen molar-refractivity contribution in [2.24, 2.45) is 0 Å². The number of carbonyl (C=O) groups excluding carboxylic acids is 2. The molecule has 6 heteroatoms. The molecule has 0 spiro atoms. The molecule has 3 rings (SSSR count). The summed E-state index contributed by atoms with van der Waals surface area (Å²) in [7, 11) is 0. The van der Waals surface area contributed by atoms with Crippen molar-refractivity contribution >= 4 is 17.6 Å². The highest BCUT2D eigenvalue weighted by atomic mass is 19.1. The predicted octanol–water partition coefficient (Wildman–Crippen LogP) is 3.02. The van der Waals surface area contributed by atoms with Gasteiger partial charge in [-0.3, -0.25) is 4.79 Å². The van der Waals surface area contributed by atoms with Crippen LogP contribution in [0, 0.1) is 19.7 Å². The van der Waals surface area contributed by atoms with Crippen LogP contribution in [0.1, 0.15) is 21.5 Å². The topological polar surface area (TPSA) is 55.8 Å². The molecule has 0 aliphatic carbocycles. The lowest BCUT2D eigenvalue weighted by atomic mass is 10.1. The van der Waals surface area contributed by atoms with Gasteiger partial charge in [0, 0.05) is 0 Å². The second-order valence-electron chi connectivity index (χ2n) is 5.91. The Morgan fingerprint density at radius 3 is 2.76 bits per heavy atom. The number of ether oxygens (including phenoxy) is 2. The van der Waals surface area contributed by atoms with Crippen LogP contribution in [0.15, 0.2) is 36.4 Å². The van der Waals surface area contributed by atoms with Gasteiger partial charge in [0.05, 0.1) is 17.8 Å². The van der Waals surface area contributed by atoms with Gasteiger partial charge in [0.15, 0.2) is 6.61 Å². The van der Waals surface area contributed by atoms with Crippen LogP contribution < -0.4 is 9.64 Å². The third-order valence-electron chi connectivity index (χ3n) is 4.01. The van der Waals surface area contributed by atoms with E-state index in [0.29, 0.717) is 30.2 Å². The number of benzene rings is 2. The van der Waals surface area contributed by atoms with E-state index in [9.17, 15) is 14.0 Å². The molecule has 2 aromatic carbocycles. The van der Waals surface area contributed by atoms with Gasteiger partial charge >= 0.3 is 5.97 Å². The summed E-state index contributed by atoms with van der Waals surface area (Å²) in [5.41, 5.74) is 2.17. The van der Waals surface area contributed by atoms with Crippen molar-refractivity contribution in [3.8, 4) is 5.75 Å². The number of esters is 1. The Bertz CT molecular complexity index is 834. The summed E-state index contributed by atoms with van der Waals surface area (Å²) in [6.07, 6.45) is 0. The minimum absolute atomic E-state index is 0.0779. The highest BCUT2D eigenvalue weighted by Crippen LogP contribution is 2.32. The largest absolute Gasteiger partial charge is 0.490 e. The minimum atomic E-state index is -0.732. The molecule has 130 valence electrons. The van der Waals surface area contributed by atoms with Crippen molar-refractivity contribution in [1.82, 2.24) is 0 Å². The van der Waals surface area contributed by atoms with E-state index >= 15 is 0 Å². The van der Waals surface area contributed by atoms with E-state index in [2.05, 4.69) is 0 Å². The molecule has 0 radical (unpaired) electrons. The number of anilines is 1. The Hall–Kier alpha value is -2.89. The number of halogens is 1. The van der Waals surface area contributed by atoms with Crippen LogP contribution in [0.3, 0.4) is 0 Å². The van der Waals surface area contributed by atoms with Crippen molar-refractivity contribution < 1.29 is 23.5 Å². The molecule has 1 aliphatic heterocycles. The average Bonchev–Trinajstić information content (AvgIpc) is 2.61. The van der Waals surface area contributed by atoms with Gasteiger partial charge in [0.2, 0.25) is 0 Å². The lowest BCUT2D eigenvalue weighted by molar-refractivity contribution is -0.121. The Morgan fingerprint density at radius 2 is 2.00 bits per heavy atom. The highest BCUT2D eigenvalue weighted by molar-refractivity contribution is 5.98. The number of aryl methyl sites for hydroxylation is 2. The number of rotatable bonds is 3. The van der Waals surface area contributed by atoms with Gasteiger partial charge in [0.1, 0.15) is 18.2 Å². The van der Waals surface area contributed by atoms with Gasteiger partial charge in [-0.25, -0.2) is 9.18 Å². The summed E-state index contributed by atoms with van der Waals surface area (Å²) in [6.45, 7) is 3.86. The fourth-order valence-corrected chi connectivity index (χ4v) is 2.60. The molecule has 0 saturated carbocycles. The molecule has 0 atom stereocenters. The van der Waals surface area contributed by atoms with Crippen molar-refractivity contribution in [2.45, 2.75) is 13.8 Å². The highest BCUT2D eigenvalue weighted by Gasteiger charge is 2.25. The van der Waals surface area contributed by atoms with Gasteiger partial charge < -0.3 is 14.4 Å². The first-order chi connectivity index (χ1) is 12.0. The SMILES string of the molecule is Cc1ccc2c(c1)N(C(=O)COC(=O)c1ccc(C)c(F)c1)CCO2. The smallest absolute Gasteiger partial charge is 0.338 e. The second kappa shape index (κ2) is 6.93. The first-order valence-electron chi connectivity index (χ1n) is 7.93. The van der Waals surface area contributed by atoms with Crippen molar-refractivity contribution in [3.63, 3.8) is 0 Å². The summed E-state index contributed by atoms with van der Waals surface area (Å²) in [4.78, 5) is 26.0. The summed E-state index contributed by atoms with van der Waals surface area (Å²) >= 11 is 0. The van der Waals surface area contributed by atoms with E-state index in [1.165, 1.54) is 17.0 Å². The van der Waals surface area contributed by atoms with E-state index in [-0.39, 0.29) is 11.5 Å². The Balaban J connectivity index is 1.68. The molecular weight excluding hydrogens is 325 g/mol. The third kappa shape index (κ3) is 3.63. The molecule has 25 heavy (non-hydrogen) atoms. The molecular formula is C19H18FNO4. The zero-order chi connectivity index (χ0) is 18.0. The number of carbonyl (C=O) groups is 2. The molecule has 0 saturated heterocycles. The van der Waals surface area contributed by atoms with E-state index < -0.39 is 18.4 Å². The predicted molar refractivity (Wildman–Crippen MR) is 90.4 cm³/mol. The maximum Gasteiger partial charge on any atom is 0.338 e. The molecule has 1 heterocycles.